The number of benzene rings is 1. The molecule has 1 aliphatic heterocycles. The number of Topliss-reactive ketones (excluding diaryl/α,β-unsaturated/α-hetero) is 1. The van der Waals surface area contributed by atoms with Crippen molar-refractivity contribution >= 4 is 17.6 Å². The number of rotatable bonds is 9. The molecular weight excluding hydrogens is 422 g/mol. The third kappa shape index (κ3) is 5.50. The molecule has 2 aromatic rings. The average Bonchev–Trinajstić information content (AvgIpc) is 3.05. The number of ketones is 1. The van der Waals surface area contributed by atoms with Gasteiger partial charge in [-0.15, -0.1) is 0 Å². The van der Waals surface area contributed by atoms with E-state index in [9.17, 15) is 14.7 Å². The molecule has 0 radical (unpaired) electrons. The van der Waals surface area contributed by atoms with Gasteiger partial charge in [-0.05, 0) is 36.5 Å². The van der Waals surface area contributed by atoms with E-state index in [0.29, 0.717) is 23.4 Å². The van der Waals surface area contributed by atoms with Gasteiger partial charge in [0.2, 0.25) is 0 Å². The molecule has 1 aromatic carbocycles. The summed E-state index contributed by atoms with van der Waals surface area (Å²) in [6, 6.07) is 7.07. The van der Waals surface area contributed by atoms with E-state index in [-0.39, 0.29) is 49.1 Å². The van der Waals surface area contributed by atoms with Crippen LogP contribution in [0, 0.1) is 5.41 Å². The molecule has 0 saturated carbocycles. The average molecular weight is 454 g/mol. The minimum absolute atomic E-state index is 0.00344. The second kappa shape index (κ2) is 9.60. The maximum absolute atomic E-state index is 13.2. The lowest BCUT2D eigenvalue weighted by atomic mass is 9.84. The summed E-state index contributed by atoms with van der Waals surface area (Å²) in [4.78, 5) is 30.2. The van der Waals surface area contributed by atoms with Crippen LogP contribution in [-0.2, 0) is 23.2 Å². The maximum Gasteiger partial charge on any atom is 0.303 e. The molecule has 1 aliphatic rings. The number of amidine groups is 1. The molecule has 8 heteroatoms. The number of carboxylic acids is 1. The lowest BCUT2D eigenvalue weighted by molar-refractivity contribution is -0.137. The molecule has 2 heterocycles. The number of aromatic hydroxyl groups is 1. The number of phenols is 1. The molecule has 3 N–H and O–H groups in total. The molecule has 0 aliphatic carbocycles. The van der Waals surface area contributed by atoms with Gasteiger partial charge in [0.1, 0.15) is 11.5 Å². The number of carboxylic acid groups (broad SMARTS) is 1. The van der Waals surface area contributed by atoms with Gasteiger partial charge in [0.25, 0.3) is 0 Å². The predicted molar refractivity (Wildman–Crippen MR) is 124 cm³/mol. The van der Waals surface area contributed by atoms with E-state index in [1.165, 1.54) is 6.07 Å². The molecule has 176 valence electrons. The van der Waals surface area contributed by atoms with Gasteiger partial charge in [0, 0.05) is 35.3 Å². The van der Waals surface area contributed by atoms with Gasteiger partial charge in [0.15, 0.2) is 17.3 Å². The van der Waals surface area contributed by atoms with Crippen molar-refractivity contribution in [3.05, 3.63) is 52.3 Å². The fraction of sp³-hybridized carbons (Fsp3) is 0.440. The molecule has 0 bridgehead atoms. The third-order valence-electron chi connectivity index (χ3n) is 5.63. The first-order valence-corrected chi connectivity index (χ1v) is 11.1. The number of nitrogens with zero attached hydrogens (tertiary/aromatic N) is 2. The molecule has 0 atom stereocenters. The number of aliphatic carboxylic acids is 1. The van der Waals surface area contributed by atoms with Crippen molar-refractivity contribution in [2.75, 3.05) is 13.2 Å². The standard InChI is InChI=1S/C25H31N3O5/c1-5-17-9-8-15-13-28(24(26)22(15)27-17)14-19(29)16-11-18(25(2,3)4)23(32)20(12-16)33-10-6-7-21(30)31/h8-9,11-12,26,32H,5-7,10,13-14H2,1-4H3,(H,30,31). The van der Waals surface area contributed by atoms with E-state index in [1.807, 2.05) is 39.8 Å². The highest BCUT2D eigenvalue weighted by atomic mass is 16.5. The fourth-order valence-electron chi connectivity index (χ4n) is 3.75. The molecule has 0 fully saturated rings. The number of carbonyl (C=O) groups is 2. The minimum atomic E-state index is -0.920. The Morgan fingerprint density at radius 3 is 2.61 bits per heavy atom. The van der Waals surface area contributed by atoms with Crippen molar-refractivity contribution in [2.24, 2.45) is 0 Å². The van der Waals surface area contributed by atoms with Gasteiger partial charge in [-0.25, -0.2) is 4.98 Å². The summed E-state index contributed by atoms with van der Waals surface area (Å²) < 4.78 is 5.65. The molecule has 3 rings (SSSR count). The number of pyridine rings is 1. The van der Waals surface area contributed by atoms with Crippen LogP contribution in [0.2, 0.25) is 0 Å². The number of phenolic OH excluding ortho intramolecular Hbond substituents is 1. The Hall–Kier alpha value is -3.42. The Bertz CT molecular complexity index is 1090. The van der Waals surface area contributed by atoms with Crippen LogP contribution in [0.5, 0.6) is 11.5 Å². The Balaban J connectivity index is 1.82. The van der Waals surface area contributed by atoms with E-state index >= 15 is 0 Å². The minimum Gasteiger partial charge on any atom is -0.504 e. The number of hydrogen-bond donors (Lipinski definition) is 3. The van der Waals surface area contributed by atoms with Crippen LogP contribution in [0.25, 0.3) is 0 Å². The van der Waals surface area contributed by atoms with Crippen molar-refractivity contribution in [3.63, 3.8) is 0 Å². The summed E-state index contributed by atoms with van der Waals surface area (Å²) in [6.45, 7) is 8.34. The van der Waals surface area contributed by atoms with Gasteiger partial charge >= 0.3 is 5.97 Å². The lowest BCUT2D eigenvalue weighted by Crippen LogP contribution is -2.30. The third-order valence-corrected chi connectivity index (χ3v) is 5.63. The number of aryl methyl sites for hydroxylation is 1. The largest absolute Gasteiger partial charge is 0.504 e. The van der Waals surface area contributed by atoms with Crippen LogP contribution >= 0.6 is 0 Å². The van der Waals surface area contributed by atoms with Crippen LogP contribution in [0.4, 0.5) is 0 Å². The van der Waals surface area contributed by atoms with Crippen molar-refractivity contribution in [1.29, 1.82) is 5.41 Å². The fourth-order valence-corrected chi connectivity index (χ4v) is 3.75. The summed E-state index contributed by atoms with van der Waals surface area (Å²) in [7, 11) is 0. The molecule has 0 spiro atoms. The first kappa shape index (κ1) is 24.2. The second-order valence-electron chi connectivity index (χ2n) is 9.26. The molecule has 0 saturated heterocycles. The monoisotopic (exact) mass is 453 g/mol. The maximum atomic E-state index is 13.2. The topological polar surface area (TPSA) is 124 Å². The normalized spacial score (nSPS) is 13.2. The van der Waals surface area contributed by atoms with Gasteiger partial charge in [-0.2, -0.15) is 0 Å². The second-order valence-corrected chi connectivity index (χ2v) is 9.26. The van der Waals surface area contributed by atoms with Crippen LogP contribution < -0.4 is 4.74 Å². The van der Waals surface area contributed by atoms with E-state index in [2.05, 4.69) is 4.98 Å². The zero-order valence-corrected chi connectivity index (χ0v) is 19.6. The SMILES string of the molecule is CCc1ccc2c(n1)C(=N)N(CC(=O)c1cc(OCCCC(=O)O)c(O)c(C(C)(C)C)c1)C2. The smallest absolute Gasteiger partial charge is 0.303 e. The molecule has 0 unspecified atom stereocenters. The summed E-state index contributed by atoms with van der Waals surface area (Å²) in [5.41, 5.74) is 2.94. The highest BCUT2D eigenvalue weighted by Crippen LogP contribution is 2.39. The van der Waals surface area contributed by atoms with Gasteiger partial charge < -0.3 is 19.8 Å². The highest BCUT2D eigenvalue weighted by Gasteiger charge is 2.29. The molecule has 0 amide bonds. The highest BCUT2D eigenvalue weighted by molar-refractivity contribution is 6.04. The Labute approximate surface area is 193 Å². The number of hydrogen-bond acceptors (Lipinski definition) is 6. The van der Waals surface area contributed by atoms with E-state index in [4.69, 9.17) is 15.3 Å². The first-order valence-electron chi connectivity index (χ1n) is 11.1. The molecule has 33 heavy (non-hydrogen) atoms. The van der Waals surface area contributed by atoms with E-state index < -0.39 is 11.4 Å². The predicted octanol–water partition coefficient (Wildman–Crippen LogP) is 3.91. The van der Waals surface area contributed by atoms with Gasteiger partial charge in [0.05, 0.1) is 13.2 Å². The van der Waals surface area contributed by atoms with Crippen LogP contribution in [0.3, 0.4) is 0 Å². The van der Waals surface area contributed by atoms with Crippen LogP contribution in [-0.4, -0.2) is 50.8 Å². The number of ether oxygens (including phenoxy) is 1. The van der Waals surface area contributed by atoms with Crippen molar-refractivity contribution in [2.45, 2.75) is 58.9 Å². The van der Waals surface area contributed by atoms with Crippen molar-refractivity contribution in [3.8, 4) is 11.5 Å². The van der Waals surface area contributed by atoms with Crippen LogP contribution in [0.1, 0.15) is 73.4 Å². The quantitative estimate of drug-likeness (QED) is 0.388. The Morgan fingerprint density at radius 2 is 1.97 bits per heavy atom. The molecule has 8 nitrogen and oxygen atoms in total. The van der Waals surface area contributed by atoms with Crippen LogP contribution in [0.15, 0.2) is 24.3 Å². The molecular formula is C25H31N3O5. The number of carbonyl (C=O) groups excluding carboxylic acids is 1. The summed E-state index contributed by atoms with van der Waals surface area (Å²) in [5, 5.41) is 28.0. The van der Waals surface area contributed by atoms with E-state index in [0.717, 1.165) is 17.7 Å². The van der Waals surface area contributed by atoms with Crippen molar-refractivity contribution < 1.29 is 24.5 Å². The lowest BCUT2D eigenvalue weighted by Gasteiger charge is -2.24. The Morgan fingerprint density at radius 1 is 1.24 bits per heavy atom. The zero-order chi connectivity index (χ0) is 24.3. The summed E-state index contributed by atoms with van der Waals surface area (Å²) in [5.74, 6) is -0.785. The number of aromatic nitrogens is 1. The summed E-state index contributed by atoms with van der Waals surface area (Å²) >= 11 is 0. The number of fused-ring (bicyclic) bond motifs is 1. The van der Waals surface area contributed by atoms with E-state index in [1.54, 1.807) is 11.0 Å². The Kier molecular flexibility index (Phi) is 7.05. The first-order chi connectivity index (χ1) is 15.5. The molecule has 1 aromatic heterocycles. The van der Waals surface area contributed by atoms with Gasteiger partial charge in [-0.3, -0.25) is 15.0 Å². The number of nitrogens with one attached hydrogen (secondary N) is 1. The van der Waals surface area contributed by atoms with Gasteiger partial charge in [-0.1, -0.05) is 33.8 Å². The summed E-state index contributed by atoms with van der Waals surface area (Å²) in [6.07, 6.45) is 1.02. The van der Waals surface area contributed by atoms with Crippen molar-refractivity contribution in [1.82, 2.24) is 9.88 Å². The zero-order valence-electron chi connectivity index (χ0n) is 19.6.